The first-order chi connectivity index (χ1) is 12.9. The highest BCUT2D eigenvalue weighted by molar-refractivity contribution is 6.42. The first-order valence-electron chi connectivity index (χ1n) is 10.1. The number of phenols is 1. The largest absolute Gasteiger partial charge is 0.505 e. The summed E-state index contributed by atoms with van der Waals surface area (Å²) in [5.74, 6) is -0.843. The molecule has 1 aromatic rings. The van der Waals surface area contributed by atoms with Gasteiger partial charge in [0.1, 0.15) is 0 Å². The highest BCUT2D eigenvalue weighted by Gasteiger charge is 2.54. The van der Waals surface area contributed by atoms with Crippen LogP contribution >= 0.6 is 23.2 Å². The van der Waals surface area contributed by atoms with E-state index in [2.05, 4.69) is 5.32 Å². The van der Waals surface area contributed by atoms with Crippen LogP contribution in [0.1, 0.15) is 75.8 Å². The molecule has 0 radical (unpaired) electrons. The number of halogens is 3. The summed E-state index contributed by atoms with van der Waals surface area (Å²) in [4.78, 5) is 13.0. The SMILES string of the molecule is O=C(NC(c1c(F)c(O)cc(Cl)c1Cl)C1(C2CCC2)CCC1)C1CCCC1. The molecule has 1 amide bonds. The minimum absolute atomic E-state index is 0.0133. The molecule has 0 heterocycles. The predicted octanol–water partition coefficient (Wildman–Crippen LogP) is 6.16. The molecule has 3 aliphatic rings. The molecule has 3 nitrogen and oxygen atoms in total. The molecular weight excluding hydrogens is 388 g/mol. The second kappa shape index (κ2) is 7.44. The van der Waals surface area contributed by atoms with Gasteiger partial charge in [-0.2, -0.15) is 0 Å². The first kappa shape index (κ1) is 19.3. The molecule has 148 valence electrons. The van der Waals surface area contributed by atoms with Gasteiger partial charge in [0.2, 0.25) is 5.91 Å². The molecule has 1 unspecified atom stereocenters. The smallest absolute Gasteiger partial charge is 0.223 e. The van der Waals surface area contributed by atoms with Gasteiger partial charge in [-0.15, -0.1) is 0 Å². The average molecular weight is 414 g/mol. The lowest BCUT2D eigenvalue weighted by Gasteiger charge is -2.56. The third-order valence-electron chi connectivity index (χ3n) is 7.25. The van der Waals surface area contributed by atoms with Crippen molar-refractivity contribution in [2.75, 3.05) is 0 Å². The summed E-state index contributed by atoms with van der Waals surface area (Å²) in [5.41, 5.74) is -0.0201. The topological polar surface area (TPSA) is 49.3 Å². The molecule has 1 aromatic carbocycles. The summed E-state index contributed by atoms with van der Waals surface area (Å²) >= 11 is 12.6. The molecule has 3 fully saturated rings. The first-order valence-corrected chi connectivity index (χ1v) is 10.9. The zero-order chi connectivity index (χ0) is 19.2. The summed E-state index contributed by atoms with van der Waals surface area (Å²) in [6, 6.07) is 0.594. The van der Waals surface area contributed by atoms with Crippen molar-refractivity contribution in [2.45, 2.75) is 70.3 Å². The van der Waals surface area contributed by atoms with Crippen molar-refractivity contribution in [3.05, 3.63) is 27.5 Å². The number of amides is 1. The molecular formula is C21H26Cl2FNO2. The van der Waals surface area contributed by atoms with E-state index in [1.165, 1.54) is 6.42 Å². The van der Waals surface area contributed by atoms with E-state index in [1.807, 2.05) is 0 Å². The number of rotatable bonds is 5. The number of hydrogen-bond acceptors (Lipinski definition) is 2. The Morgan fingerprint density at radius 3 is 2.33 bits per heavy atom. The highest BCUT2D eigenvalue weighted by atomic mass is 35.5. The van der Waals surface area contributed by atoms with Crippen molar-refractivity contribution in [2.24, 2.45) is 17.3 Å². The summed E-state index contributed by atoms with van der Waals surface area (Å²) in [6.45, 7) is 0. The number of phenolic OH excluding ortho intramolecular Hbond substituents is 1. The molecule has 3 aliphatic carbocycles. The van der Waals surface area contributed by atoms with Crippen LogP contribution in [0, 0.1) is 23.1 Å². The normalized spacial score (nSPS) is 23.5. The number of nitrogens with one attached hydrogen (secondary N) is 1. The van der Waals surface area contributed by atoms with E-state index in [-0.39, 0.29) is 32.8 Å². The molecule has 1 atom stereocenters. The van der Waals surface area contributed by atoms with Crippen LogP contribution in [-0.4, -0.2) is 11.0 Å². The van der Waals surface area contributed by atoms with Gasteiger partial charge in [0, 0.05) is 17.5 Å². The van der Waals surface area contributed by atoms with E-state index < -0.39 is 17.6 Å². The maximum Gasteiger partial charge on any atom is 0.223 e. The average Bonchev–Trinajstić information content (AvgIpc) is 3.08. The quantitative estimate of drug-likeness (QED) is 0.568. The van der Waals surface area contributed by atoms with Crippen molar-refractivity contribution >= 4 is 29.1 Å². The Hall–Kier alpha value is -1.00. The van der Waals surface area contributed by atoms with E-state index in [4.69, 9.17) is 23.2 Å². The molecule has 0 spiro atoms. The lowest BCUT2D eigenvalue weighted by molar-refractivity contribution is -0.129. The number of hydrogen-bond donors (Lipinski definition) is 2. The Labute approximate surface area is 169 Å². The van der Waals surface area contributed by atoms with Gasteiger partial charge in [0.25, 0.3) is 0 Å². The maximum absolute atomic E-state index is 15.1. The van der Waals surface area contributed by atoms with E-state index in [9.17, 15) is 9.90 Å². The third kappa shape index (κ3) is 3.23. The van der Waals surface area contributed by atoms with E-state index in [0.29, 0.717) is 5.92 Å². The summed E-state index contributed by atoms with van der Waals surface area (Å²) in [7, 11) is 0. The number of benzene rings is 1. The Morgan fingerprint density at radius 2 is 1.81 bits per heavy atom. The lowest BCUT2D eigenvalue weighted by Crippen LogP contribution is -2.52. The van der Waals surface area contributed by atoms with Gasteiger partial charge in [-0.3, -0.25) is 4.79 Å². The van der Waals surface area contributed by atoms with Crippen LogP contribution in [0.2, 0.25) is 10.0 Å². The van der Waals surface area contributed by atoms with Crippen LogP contribution in [-0.2, 0) is 4.79 Å². The van der Waals surface area contributed by atoms with Gasteiger partial charge in [-0.05, 0) is 49.9 Å². The second-order valence-electron chi connectivity index (χ2n) is 8.56. The fraction of sp³-hybridized carbons (Fsp3) is 0.667. The predicted molar refractivity (Wildman–Crippen MR) is 105 cm³/mol. The molecule has 3 saturated carbocycles. The highest BCUT2D eigenvalue weighted by Crippen LogP contribution is 2.62. The number of carbonyl (C=O) groups is 1. The van der Waals surface area contributed by atoms with Crippen LogP contribution in [0.15, 0.2) is 6.07 Å². The maximum atomic E-state index is 15.1. The lowest BCUT2D eigenvalue weighted by atomic mass is 9.51. The summed E-state index contributed by atoms with van der Waals surface area (Å²) < 4.78 is 15.1. The van der Waals surface area contributed by atoms with Crippen LogP contribution in [0.25, 0.3) is 0 Å². The van der Waals surface area contributed by atoms with Crippen LogP contribution in [0.3, 0.4) is 0 Å². The van der Waals surface area contributed by atoms with Gasteiger partial charge >= 0.3 is 0 Å². The number of carbonyl (C=O) groups excluding carboxylic acids is 1. The van der Waals surface area contributed by atoms with Crippen molar-refractivity contribution in [3.8, 4) is 5.75 Å². The molecule has 0 bridgehead atoms. The van der Waals surface area contributed by atoms with Crippen molar-refractivity contribution < 1.29 is 14.3 Å². The fourth-order valence-electron chi connectivity index (χ4n) is 5.32. The molecule has 0 saturated heterocycles. The van der Waals surface area contributed by atoms with Gasteiger partial charge in [-0.1, -0.05) is 48.9 Å². The van der Waals surface area contributed by atoms with Crippen LogP contribution < -0.4 is 5.32 Å². The van der Waals surface area contributed by atoms with Crippen molar-refractivity contribution in [1.82, 2.24) is 5.32 Å². The van der Waals surface area contributed by atoms with Crippen molar-refractivity contribution in [1.29, 1.82) is 0 Å². The van der Waals surface area contributed by atoms with Crippen molar-refractivity contribution in [3.63, 3.8) is 0 Å². The zero-order valence-corrected chi connectivity index (χ0v) is 16.9. The number of aromatic hydroxyl groups is 1. The molecule has 27 heavy (non-hydrogen) atoms. The van der Waals surface area contributed by atoms with Gasteiger partial charge in [-0.25, -0.2) is 4.39 Å². The summed E-state index contributed by atoms with van der Waals surface area (Å²) in [6.07, 6.45) is 10.2. The minimum atomic E-state index is -0.758. The molecule has 6 heteroatoms. The Morgan fingerprint density at radius 1 is 1.15 bits per heavy atom. The zero-order valence-electron chi connectivity index (χ0n) is 15.4. The van der Waals surface area contributed by atoms with E-state index in [1.54, 1.807) is 0 Å². The Kier molecular flexibility index (Phi) is 5.32. The van der Waals surface area contributed by atoms with Gasteiger partial charge in [0.05, 0.1) is 16.1 Å². The monoisotopic (exact) mass is 413 g/mol. The molecule has 4 rings (SSSR count). The molecule has 0 aliphatic heterocycles. The Balaban J connectivity index is 1.76. The van der Waals surface area contributed by atoms with E-state index >= 15 is 4.39 Å². The third-order valence-corrected chi connectivity index (χ3v) is 8.05. The standard InChI is InChI=1S/C21H26Cl2FNO2/c22-14-11-15(26)18(24)16(17(14)23)19(25-20(27)12-5-1-2-6-12)21(9-4-10-21)13-7-3-8-13/h11-13,19,26H,1-10H2,(H,25,27). The molecule has 2 N–H and O–H groups in total. The minimum Gasteiger partial charge on any atom is -0.505 e. The van der Waals surface area contributed by atoms with Crippen LogP contribution in [0.5, 0.6) is 5.75 Å². The second-order valence-corrected chi connectivity index (χ2v) is 9.34. The summed E-state index contributed by atoms with van der Waals surface area (Å²) in [5, 5.41) is 13.4. The van der Waals surface area contributed by atoms with Gasteiger partial charge in [0.15, 0.2) is 11.6 Å². The van der Waals surface area contributed by atoms with Crippen LogP contribution in [0.4, 0.5) is 4.39 Å². The Bertz CT molecular complexity index is 714. The van der Waals surface area contributed by atoms with E-state index in [0.717, 1.165) is 63.9 Å². The van der Waals surface area contributed by atoms with Gasteiger partial charge < -0.3 is 10.4 Å². The fourth-order valence-corrected chi connectivity index (χ4v) is 5.77. The molecule has 0 aromatic heterocycles.